The molecule has 4 nitrogen and oxygen atoms in total. The Labute approximate surface area is 123 Å². The van der Waals surface area contributed by atoms with E-state index in [4.69, 9.17) is 5.73 Å². The average Bonchev–Trinajstić information content (AvgIpc) is 2.44. The lowest BCUT2D eigenvalue weighted by Crippen LogP contribution is -2.25. The second-order valence-corrected chi connectivity index (χ2v) is 7.16. The van der Waals surface area contributed by atoms with Crippen LogP contribution in [0.4, 0.5) is 5.69 Å². The predicted molar refractivity (Wildman–Crippen MR) is 86.5 cm³/mol. The van der Waals surface area contributed by atoms with Crippen LogP contribution < -0.4 is 10.5 Å². The molecule has 0 bridgehead atoms. The third kappa shape index (κ3) is 3.26. The summed E-state index contributed by atoms with van der Waals surface area (Å²) < 4.78 is 27.4. The van der Waals surface area contributed by atoms with Crippen LogP contribution >= 0.6 is 11.8 Å². The smallest absolute Gasteiger partial charge is 0.241 e. The van der Waals surface area contributed by atoms with Crippen molar-refractivity contribution in [3.63, 3.8) is 0 Å². The van der Waals surface area contributed by atoms with Crippen molar-refractivity contribution in [2.24, 2.45) is 0 Å². The average molecular weight is 310 g/mol. The van der Waals surface area contributed by atoms with Crippen molar-refractivity contribution in [1.82, 2.24) is 4.72 Å². The van der Waals surface area contributed by atoms with Crippen molar-refractivity contribution in [3.8, 4) is 0 Å². The van der Waals surface area contributed by atoms with Gasteiger partial charge >= 0.3 is 0 Å². The molecule has 3 N–H and O–H groups in total. The van der Waals surface area contributed by atoms with Crippen molar-refractivity contribution in [1.29, 1.82) is 0 Å². The SMILES string of the molecule is CSCCCNS(=O)(=O)c1ccc(N)c2ccccc12. The number of anilines is 1. The molecule has 20 heavy (non-hydrogen) atoms. The Hall–Kier alpha value is -1.24. The van der Waals surface area contributed by atoms with E-state index in [0.717, 1.165) is 17.6 Å². The number of fused-ring (bicyclic) bond motifs is 1. The molecule has 0 heterocycles. The summed E-state index contributed by atoms with van der Waals surface area (Å²) in [6.07, 6.45) is 2.81. The largest absolute Gasteiger partial charge is 0.398 e. The quantitative estimate of drug-likeness (QED) is 0.635. The van der Waals surface area contributed by atoms with Gasteiger partial charge in [-0.2, -0.15) is 11.8 Å². The third-order valence-corrected chi connectivity index (χ3v) is 5.24. The molecule has 0 aliphatic carbocycles. The van der Waals surface area contributed by atoms with Crippen LogP contribution in [-0.2, 0) is 10.0 Å². The van der Waals surface area contributed by atoms with E-state index in [2.05, 4.69) is 4.72 Å². The van der Waals surface area contributed by atoms with E-state index in [-0.39, 0.29) is 4.90 Å². The summed E-state index contributed by atoms with van der Waals surface area (Å²) in [6, 6.07) is 10.5. The Kier molecular flexibility index (Phi) is 4.91. The highest BCUT2D eigenvalue weighted by atomic mass is 32.2. The van der Waals surface area contributed by atoms with Crippen LogP contribution in [0, 0.1) is 0 Å². The second kappa shape index (κ2) is 6.47. The Morgan fingerprint density at radius 2 is 1.85 bits per heavy atom. The number of nitrogen functional groups attached to an aromatic ring is 1. The van der Waals surface area contributed by atoms with Crippen LogP contribution in [0.1, 0.15) is 6.42 Å². The summed E-state index contributed by atoms with van der Waals surface area (Å²) >= 11 is 1.70. The van der Waals surface area contributed by atoms with Crippen molar-refractivity contribution in [3.05, 3.63) is 36.4 Å². The Morgan fingerprint density at radius 1 is 1.15 bits per heavy atom. The molecule has 0 aliphatic rings. The van der Waals surface area contributed by atoms with E-state index in [0.29, 0.717) is 17.6 Å². The number of rotatable bonds is 6. The number of nitrogens with two attached hydrogens (primary N) is 1. The number of benzene rings is 2. The molecular weight excluding hydrogens is 292 g/mol. The van der Waals surface area contributed by atoms with Crippen molar-refractivity contribution in [2.75, 3.05) is 24.3 Å². The van der Waals surface area contributed by atoms with Gasteiger partial charge in [-0.25, -0.2) is 13.1 Å². The first kappa shape index (κ1) is 15.2. The highest BCUT2D eigenvalue weighted by molar-refractivity contribution is 7.98. The Balaban J connectivity index is 2.35. The molecule has 6 heteroatoms. The van der Waals surface area contributed by atoms with E-state index in [1.807, 2.05) is 24.5 Å². The first-order valence-electron chi connectivity index (χ1n) is 6.32. The van der Waals surface area contributed by atoms with E-state index in [1.54, 1.807) is 30.0 Å². The second-order valence-electron chi connectivity index (χ2n) is 4.44. The van der Waals surface area contributed by atoms with Gasteiger partial charge in [0, 0.05) is 23.0 Å². The number of hydrogen-bond donors (Lipinski definition) is 2. The van der Waals surface area contributed by atoms with Gasteiger partial charge in [0.15, 0.2) is 0 Å². The molecule has 2 aromatic rings. The zero-order valence-corrected chi connectivity index (χ0v) is 12.9. The first-order valence-corrected chi connectivity index (χ1v) is 9.20. The van der Waals surface area contributed by atoms with Crippen molar-refractivity contribution >= 4 is 38.2 Å². The minimum absolute atomic E-state index is 0.284. The topological polar surface area (TPSA) is 72.2 Å². The molecule has 0 fully saturated rings. The molecule has 0 radical (unpaired) electrons. The summed E-state index contributed by atoms with van der Waals surface area (Å²) in [7, 11) is -3.50. The van der Waals surface area contributed by atoms with Gasteiger partial charge in [-0.1, -0.05) is 24.3 Å². The maximum absolute atomic E-state index is 12.4. The monoisotopic (exact) mass is 310 g/mol. The van der Waals surface area contributed by atoms with Gasteiger partial charge in [0.2, 0.25) is 10.0 Å². The van der Waals surface area contributed by atoms with Crippen LogP contribution in [0.25, 0.3) is 10.8 Å². The maximum atomic E-state index is 12.4. The molecule has 0 saturated carbocycles. The fourth-order valence-corrected chi connectivity index (χ4v) is 3.75. The highest BCUT2D eigenvalue weighted by Gasteiger charge is 2.17. The van der Waals surface area contributed by atoms with Gasteiger partial charge in [0.05, 0.1) is 4.90 Å². The number of nitrogens with one attached hydrogen (secondary N) is 1. The fourth-order valence-electron chi connectivity index (χ4n) is 2.03. The predicted octanol–water partition coefficient (Wildman–Crippen LogP) is 2.45. The van der Waals surface area contributed by atoms with Crippen molar-refractivity contribution in [2.45, 2.75) is 11.3 Å². The number of sulfonamides is 1. The fraction of sp³-hybridized carbons (Fsp3) is 0.286. The molecule has 0 atom stereocenters. The molecule has 0 aliphatic heterocycles. The summed E-state index contributed by atoms with van der Waals surface area (Å²) in [5.41, 5.74) is 6.48. The Bertz CT molecular complexity index is 699. The van der Waals surface area contributed by atoms with E-state index < -0.39 is 10.0 Å². The van der Waals surface area contributed by atoms with E-state index >= 15 is 0 Å². The molecule has 2 aromatic carbocycles. The molecule has 108 valence electrons. The number of hydrogen-bond acceptors (Lipinski definition) is 4. The lowest BCUT2D eigenvalue weighted by Gasteiger charge is -2.10. The summed E-state index contributed by atoms with van der Waals surface area (Å²) in [6.45, 7) is 0.446. The zero-order valence-electron chi connectivity index (χ0n) is 11.3. The minimum atomic E-state index is -3.50. The standard InChI is InChI=1S/C14H18N2O2S2/c1-19-10-4-9-16-20(17,18)14-8-7-13(15)11-5-2-3-6-12(11)14/h2-3,5-8,16H,4,9-10,15H2,1H3. The zero-order chi connectivity index (χ0) is 14.6. The van der Waals surface area contributed by atoms with Gasteiger partial charge in [-0.05, 0) is 30.6 Å². The lowest BCUT2D eigenvalue weighted by molar-refractivity contribution is 0.582. The summed E-state index contributed by atoms with van der Waals surface area (Å²) in [5, 5.41) is 1.42. The minimum Gasteiger partial charge on any atom is -0.398 e. The van der Waals surface area contributed by atoms with Crippen LogP contribution in [0.3, 0.4) is 0 Å². The van der Waals surface area contributed by atoms with Gasteiger partial charge in [0.1, 0.15) is 0 Å². The third-order valence-electron chi connectivity index (χ3n) is 3.02. The Morgan fingerprint density at radius 3 is 2.55 bits per heavy atom. The van der Waals surface area contributed by atoms with Crippen LogP contribution in [0.5, 0.6) is 0 Å². The van der Waals surface area contributed by atoms with Gasteiger partial charge in [-0.15, -0.1) is 0 Å². The molecule has 0 amide bonds. The van der Waals surface area contributed by atoms with Crippen LogP contribution in [0.2, 0.25) is 0 Å². The molecular formula is C14H18N2O2S2. The summed E-state index contributed by atoms with van der Waals surface area (Å²) in [4.78, 5) is 0.284. The van der Waals surface area contributed by atoms with Crippen LogP contribution in [-0.4, -0.2) is 27.0 Å². The normalized spacial score (nSPS) is 11.8. The van der Waals surface area contributed by atoms with E-state index in [1.165, 1.54) is 0 Å². The molecule has 0 aromatic heterocycles. The van der Waals surface area contributed by atoms with Gasteiger partial charge in [-0.3, -0.25) is 0 Å². The summed E-state index contributed by atoms with van der Waals surface area (Å²) in [5.74, 6) is 0.936. The highest BCUT2D eigenvalue weighted by Crippen LogP contribution is 2.27. The first-order chi connectivity index (χ1) is 9.56. The maximum Gasteiger partial charge on any atom is 0.241 e. The lowest BCUT2D eigenvalue weighted by atomic mass is 10.1. The van der Waals surface area contributed by atoms with Crippen molar-refractivity contribution < 1.29 is 8.42 Å². The van der Waals surface area contributed by atoms with Crippen LogP contribution in [0.15, 0.2) is 41.3 Å². The number of thioether (sulfide) groups is 1. The van der Waals surface area contributed by atoms with Gasteiger partial charge in [0.25, 0.3) is 0 Å². The molecule has 0 saturated heterocycles. The molecule has 2 rings (SSSR count). The van der Waals surface area contributed by atoms with E-state index in [9.17, 15) is 8.42 Å². The van der Waals surface area contributed by atoms with Gasteiger partial charge < -0.3 is 5.73 Å². The molecule has 0 unspecified atom stereocenters. The molecule has 0 spiro atoms.